The van der Waals surface area contributed by atoms with Gasteiger partial charge in [0.05, 0.1) is 0 Å². The Bertz CT molecular complexity index is 622. The van der Waals surface area contributed by atoms with Crippen molar-refractivity contribution >= 4 is 33.2 Å². The van der Waals surface area contributed by atoms with Crippen molar-refractivity contribution in [1.82, 2.24) is 0 Å². The van der Waals surface area contributed by atoms with Crippen LogP contribution in [0.3, 0.4) is 0 Å². The number of aryl methyl sites for hydroxylation is 1. The van der Waals surface area contributed by atoms with Crippen LogP contribution in [-0.2, 0) is 6.42 Å². The van der Waals surface area contributed by atoms with Gasteiger partial charge in [0, 0.05) is 17.9 Å². The van der Waals surface area contributed by atoms with Crippen LogP contribution in [0.25, 0.3) is 0 Å². The lowest BCUT2D eigenvalue weighted by molar-refractivity contribution is 0.0995. The fourth-order valence-corrected chi connectivity index (χ4v) is 2.47. The summed E-state index contributed by atoms with van der Waals surface area (Å²) in [6, 6.07) is 9.26. The minimum absolute atomic E-state index is 0.249. The van der Waals surface area contributed by atoms with E-state index in [1.165, 1.54) is 5.56 Å². The summed E-state index contributed by atoms with van der Waals surface area (Å²) in [4.78, 5) is 11.9. The number of nitrogens with one attached hydrogen (secondary N) is 2. The molecule has 0 aliphatic carbocycles. The zero-order chi connectivity index (χ0) is 13.2. The zero-order valence-corrected chi connectivity index (χ0v) is 11.8. The van der Waals surface area contributed by atoms with Crippen LogP contribution in [0.2, 0.25) is 0 Å². The minimum atomic E-state index is -0.249. The molecule has 0 bridgehead atoms. The quantitative estimate of drug-likeness (QED) is 0.888. The topological polar surface area (TPSA) is 54.3 Å². The van der Waals surface area contributed by atoms with Crippen LogP contribution < -0.4 is 10.6 Å². The van der Waals surface area contributed by atoms with Crippen LogP contribution in [0, 0.1) is 0 Å². The first-order valence-corrected chi connectivity index (χ1v) is 6.95. The summed E-state index contributed by atoms with van der Waals surface area (Å²) in [6.07, 6.45) is 2.24. The van der Waals surface area contributed by atoms with Crippen molar-refractivity contribution in [2.75, 3.05) is 17.2 Å². The Balaban J connectivity index is 1.78. The first-order chi connectivity index (χ1) is 9.22. The third-order valence-electron chi connectivity index (χ3n) is 3.10. The van der Waals surface area contributed by atoms with Crippen molar-refractivity contribution in [3.8, 4) is 0 Å². The standard InChI is InChI=1S/C14H13BrN2O2/c15-13-6-5-12(19-13)14(18)17-10-4-3-9-2-1-7-16-11(9)8-10/h3-6,8,16H,1-2,7H2,(H,17,18). The molecule has 5 heteroatoms. The molecule has 0 unspecified atom stereocenters. The normalized spacial score (nSPS) is 13.5. The van der Waals surface area contributed by atoms with Gasteiger partial charge in [-0.1, -0.05) is 6.07 Å². The first kappa shape index (κ1) is 12.3. The van der Waals surface area contributed by atoms with Gasteiger partial charge in [-0.3, -0.25) is 4.79 Å². The van der Waals surface area contributed by atoms with E-state index in [1.807, 2.05) is 12.1 Å². The van der Waals surface area contributed by atoms with Crippen molar-refractivity contribution in [2.24, 2.45) is 0 Å². The Labute approximate surface area is 119 Å². The highest BCUT2D eigenvalue weighted by Gasteiger charge is 2.13. The second-order valence-corrected chi connectivity index (χ2v) is 5.24. The predicted octanol–water partition coefficient (Wildman–Crippen LogP) is 3.65. The molecule has 1 aliphatic heterocycles. The lowest BCUT2D eigenvalue weighted by atomic mass is 10.0. The van der Waals surface area contributed by atoms with Crippen molar-refractivity contribution in [3.05, 3.63) is 46.3 Å². The summed E-state index contributed by atoms with van der Waals surface area (Å²) >= 11 is 3.18. The monoisotopic (exact) mass is 320 g/mol. The maximum atomic E-state index is 11.9. The van der Waals surface area contributed by atoms with Crippen LogP contribution >= 0.6 is 15.9 Å². The lowest BCUT2D eigenvalue weighted by Crippen LogP contribution is -2.14. The van der Waals surface area contributed by atoms with E-state index in [-0.39, 0.29) is 11.7 Å². The van der Waals surface area contributed by atoms with E-state index in [0.29, 0.717) is 4.67 Å². The number of anilines is 2. The van der Waals surface area contributed by atoms with Gasteiger partial charge in [-0.15, -0.1) is 0 Å². The van der Waals surface area contributed by atoms with Gasteiger partial charge >= 0.3 is 0 Å². The molecule has 2 N–H and O–H groups in total. The van der Waals surface area contributed by atoms with E-state index in [2.05, 4.69) is 32.6 Å². The molecule has 1 aromatic carbocycles. The molecule has 98 valence electrons. The Morgan fingerprint density at radius 3 is 3.00 bits per heavy atom. The maximum Gasteiger partial charge on any atom is 0.291 e. The molecule has 0 saturated carbocycles. The molecule has 2 heterocycles. The molecule has 0 fully saturated rings. The number of halogens is 1. The van der Waals surface area contributed by atoms with E-state index >= 15 is 0 Å². The largest absolute Gasteiger partial charge is 0.444 e. The fraction of sp³-hybridized carbons (Fsp3) is 0.214. The highest BCUT2D eigenvalue weighted by atomic mass is 79.9. The highest BCUT2D eigenvalue weighted by molar-refractivity contribution is 9.10. The molecular weight excluding hydrogens is 308 g/mol. The van der Waals surface area contributed by atoms with Gasteiger partial charge in [-0.25, -0.2) is 0 Å². The summed E-state index contributed by atoms with van der Waals surface area (Å²) in [5.74, 6) is 0.0408. The second kappa shape index (κ2) is 5.09. The number of hydrogen-bond acceptors (Lipinski definition) is 3. The second-order valence-electron chi connectivity index (χ2n) is 4.46. The highest BCUT2D eigenvalue weighted by Crippen LogP contribution is 2.26. The van der Waals surface area contributed by atoms with E-state index in [1.54, 1.807) is 12.1 Å². The zero-order valence-electron chi connectivity index (χ0n) is 10.2. The average Bonchev–Trinajstić information content (AvgIpc) is 2.85. The molecule has 3 rings (SSSR count). The molecule has 19 heavy (non-hydrogen) atoms. The first-order valence-electron chi connectivity index (χ1n) is 6.16. The van der Waals surface area contributed by atoms with Gasteiger partial charge in [0.15, 0.2) is 10.4 Å². The van der Waals surface area contributed by atoms with Gasteiger partial charge in [0.1, 0.15) is 0 Å². The van der Waals surface area contributed by atoms with E-state index in [4.69, 9.17) is 4.42 Å². The Morgan fingerprint density at radius 1 is 1.32 bits per heavy atom. The smallest absolute Gasteiger partial charge is 0.291 e. The third kappa shape index (κ3) is 2.66. The van der Waals surface area contributed by atoms with Crippen molar-refractivity contribution in [3.63, 3.8) is 0 Å². The molecule has 0 atom stereocenters. The fourth-order valence-electron chi connectivity index (χ4n) is 2.17. The summed E-state index contributed by atoms with van der Waals surface area (Å²) in [6.45, 7) is 0.982. The maximum absolute atomic E-state index is 11.9. The molecule has 1 amide bonds. The van der Waals surface area contributed by atoms with E-state index in [0.717, 1.165) is 30.8 Å². The molecule has 4 nitrogen and oxygen atoms in total. The van der Waals surface area contributed by atoms with Crippen molar-refractivity contribution in [1.29, 1.82) is 0 Å². The predicted molar refractivity (Wildman–Crippen MR) is 77.6 cm³/mol. The lowest BCUT2D eigenvalue weighted by Gasteiger charge is -2.18. The van der Waals surface area contributed by atoms with Crippen LogP contribution in [0.5, 0.6) is 0 Å². The van der Waals surface area contributed by atoms with Gasteiger partial charge in [-0.2, -0.15) is 0 Å². The van der Waals surface area contributed by atoms with Gasteiger partial charge in [0.2, 0.25) is 0 Å². The SMILES string of the molecule is O=C(Nc1ccc2c(c1)NCCC2)c1ccc(Br)o1. The Hall–Kier alpha value is -1.75. The summed E-state index contributed by atoms with van der Waals surface area (Å²) in [7, 11) is 0. The van der Waals surface area contributed by atoms with Crippen molar-refractivity contribution < 1.29 is 9.21 Å². The summed E-state index contributed by atoms with van der Waals surface area (Å²) in [5.41, 5.74) is 3.17. The van der Waals surface area contributed by atoms with Gasteiger partial charge in [-0.05, 0) is 58.6 Å². The third-order valence-corrected chi connectivity index (χ3v) is 3.53. The number of carbonyl (C=O) groups is 1. The summed E-state index contributed by atoms with van der Waals surface area (Å²) in [5, 5.41) is 6.17. The van der Waals surface area contributed by atoms with E-state index in [9.17, 15) is 4.79 Å². The van der Waals surface area contributed by atoms with Crippen LogP contribution in [-0.4, -0.2) is 12.5 Å². The number of carbonyl (C=O) groups excluding carboxylic acids is 1. The molecule has 1 aliphatic rings. The molecule has 0 saturated heterocycles. The van der Waals surface area contributed by atoms with E-state index < -0.39 is 0 Å². The number of fused-ring (bicyclic) bond motifs is 1. The van der Waals surface area contributed by atoms with Gasteiger partial charge < -0.3 is 15.1 Å². The average molecular weight is 321 g/mol. The van der Waals surface area contributed by atoms with Gasteiger partial charge in [0.25, 0.3) is 5.91 Å². The summed E-state index contributed by atoms with van der Waals surface area (Å²) < 4.78 is 5.77. The van der Waals surface area contributed by atoms with Crippen LogP contribution in [0.4, 0.5) is 11.4 Å². The number of amides is 1. The van der Waals surface area contributed by atoms with Crippen molar-refractivity contribution in [2.45, 2.75) is 12.8 Å². The van der Waals surface area contributed by atoms with Crippen LogP contribution in [0.15, 0.2) is 39.4 Å². The number of hydrogen-bond donors (Lipinski definition) is 2. The number of furan rings is 1. The molecular formula is C14H13BrN2O2. The van der Waals surface area contributed by atoms with Crippen LogP contribution in [0.1, 0.15) is 22.5 Å². The Morgan fingerprint density at radius 2 is 2.21 bits per heavy atom. The number of benzene rings is 1. The molecule has 1 aromatic heterocycles. The Kier molecular flexibility index (Phi) is 3.29. The minimum Gasteiger partial charge on any atom is -0.444 e. The molecule has 0 radical (unpaired) electrons. The molecule has 0 spiro atoms. The number of rotatable bonds is 2. The molecule has 2 aromatic rings.